The fraction of sp³-hybridized carbons (Fsp3) is 0. The topological polar surface area (TPSA) is 82.5 Å². The molecule has 124 valence electrons. The van der Waals surface area contributed by atoms with Crippen LogP contribution >= 0.6 is 0 Å². The highest BCUT2D eigenvalue weighted by Crippen LogP contribution is 2.22. The van der Waals surface area contributed by atoms with Crippen LogP contribution in [0.25, 0.3) is 39.7 Å². The zero-order valence-electron chi connectivity index (χ0n) is 13.5. The molecular formula is C19H12N6O. The van der Waals surface area contributed by atoms with Crippen LogP contribution in [0.4, 0.5) is 0 Å². The van der Waals surface area contributed by atoms with Gasteiger partial charge in [0.25, 0.3) is 5.89 Å². The van der Waals surface area contributed by atoms with Crippen molar-refractivity contribution in [1.29, 1.82) is 0 Å². The maximum absolute atomic E-state index is 5.37. The first-order valence-electron chi connectivity index (χ1n) is 8.05. The van der Waals surface area contributed by atoms with Crippen molar-refractivity contribution < 1.29 is 4.52 Å². The van der Waals surface area contributed by atoms with Gasteiger partial charge in [-0.3, -0.25) is 0 Å². The molecule has 26 heavy (non-hydrogen) atoms. The Balaban J connectivity index is 1.49. The molecular weight excluding hydrogens is 328 g/mol. The third-order valence-electron chi connectivity index (χ3n) is 3.99. The van der Waals surface area contributed by atoms with E-state index < -0.39 is 0 Å². The van der Waals surface area contributed by atoms with Crippen molar-refractivity contribution >= 4 is 10.9 Å². The summed E-state index contributed by atoms with van der Waals surface area (Å²) < 4.78 is 7.03. The van der Waals surface area contributed by atoms with Crippen LogP contribution in [-0.4, -0.2) is 30.1 Å². The summed E-state index contributed by atoms with van der Waals surface area (Å²) in [6, 6.07) is 21.4. The maximum Gasteiger partial charge on any atom is 0.276 e. The van der Waals surface area contributed by atoms with Gasteiger partial charge >= 0.3 is 0 Å². The molecule has 0 saturated heterocycles. The predicted octanol–water partition coefficient (Wildman–Crippen LogP) is 3.53. The maximum atomic E-state index is 5.37. The molecule has 0 fully saturated rings. The SMILES string of the molecule is c1ccc(-n2cc(-c3noc(-c4ccc5ccccc5n4)n3)nn2)cc1. The minimum Gasteiger partial charge on any atom is -0.332 e. The Bertz CT molecular complexity index is 1190. The normalized spacial score (nSPS) is 11.1. The minimum absolute atomic E-state index is 0.347. The number of aromatic nitrogens is 6. The monoisotopic (exact) mass is 340 g/mol. The van der Waals surface area contributed by atoms with Crippen LogP contribution in [0.5, 0.6) is 0 Å². The minimum atomic E-state index is 0.347. The van der Waals surface area contributed by atoms with Crippen LogP contribution in [-0.2, 0) is 0 Å². The van der Waals surface area contributed by atoms with Gasteiger partial charge in [0.2, 0.25) is 5.82 Å². The number of pyridine rings is 1. The zero-order chi connectivity index (χ0) is 17.3. The lowest BCUT2D eigenvalue weighted by atomic mass is 10.2. The molecule has 0 atom stereocenters. The summed E-state index contributed by atoms with van der Waals surface area (Å²) >= 11 is 0. The molecule has 7 heteroatoms. The Morgan fingerprint density at radius 1 is 0.769 bits per heavy atom. The second-order valence-electron chi connectivity index (χ2n) is 5.70. The van der Waals surface area contributed by atoms with Gasteiger partial charge in [0, 0.05) is 5.39 Å². The summed E-state index contributed by atoms with van der Waals surface area (Å²) in [5, 5.41) is 13.3. The van der Waals surface area contributed by atoms with Crippen molar-refractivity contribution in [2.45, 2.75) is 0 Å². The third-order valence-corrected chi connectivity index (χ3v) is 3.99. The van der Waals surface area contributed by atoms with Crippen LogP contribution < -0.4 is 0 Å². The summed E-state index contributed by atoms with van der Waals surface area (Å²) in [4.78, 5) is 8.98. The van der Waals surface area contributed by atoms with Crippen molar-refractivity contribution in [3.05, 3.63) is 72.9 Å². The molecule has 0 aliphatic heterocycles. The van der Waals surface area contributed by atoms with Gasteiger partial charge in [-0.2, -0.15) is 4.98 Å². The lowest BCUT2D eigenvalue weighted by Crippen LogP contribution is -1.93. The number of nitrogens with zero attached hydrogens (tertiary/aromatic N) is 6. The molecule has 0 N–H and O–H groups in total. The van der Waals surface area contributed by atoms with E-state index in [9.17, 15) is 0 Å². The van der Waals surface area contributed by atoms with E-state index in [0.29, 0.717) is 23.1 Å². The highest BCUT2D eigenvalue weighted by Gasteiger charge is 2.15. The van der Waals surface area contributed by atoms with Crippen molar-refractivity contribution in [3.63, 3.8) is 0 Å². The molecule has 0 bridgehead atoms. The number of hydrogen-bond acceptors (Lipinski definition) is 6. The molecule has 5 aromatic rings. The van der Waals surface area contributed by atoms with Gasteiger partial charge in [0.15, 0.2) is 5.69 Å². The molecule has 0 radical (unpaired) electrons. The van der Waals surface area contributed by atoms with E-state index in [4.69, 9.17) is 4.52 Å². The van der Waals surface area contributed by atoms with E-state index in [1.165, 1.54) is 0 Å². The predicted molar refractivity (Wildman–Crippen MR) is 95.4 cm³/mol. The number of rotatable bonds is 3. The summed E-state index contributed by atoms with van der Waals surface area (Å²) in [6.45, 7) is 0. The Morgan fingerprint density at radius 2 is 1.62 bits per heavy atom. The average molecular weight is 340 g/mol. The summed E-state index contributed by atoms with van der Waals surface area (Å²) in [5.41, 5.74) is 2.94. The van der Waals surface area contributed by atoms with Crippen LogP contribution in [0.2, 0.25) is 0 Å². The highest BCUT2D eigenvalue weighted by molar-refractivity contribution is 5.80. The van der Waals surface area contributed by atoms with Gasteiger partial charge < -0.3 is 4.52 Å². The Kier molecular flexibility index (Phi) is 3.28. The standard InChI is InChI=1S/C19H12N6O/c1-2-7-14(8-3-1)25-12-17(22-24-25)18-21-19(26-23-18)16-11-10-13-6-4-5-9-15(13)20-16/h1-12H. The van der Waals surface area contributed by atoms with Gasteiger partial charge in [-0.1, -0.05) is 52.8 Å². The molecule has 0 amide bonds. The summed E-state index contributed by atoms with van der Waals surface area (Å²) in [6.07, 6.45) is 1.76. The molecule has 0 saturated carbocycles. The van der Waals surface area contributed by atoms with Gasteiger partial charge in [-0.15, -0.1) is 5.10 Å². The molecule has 0 unspecified atom stereocenters. The van der Waals surface area contributed by atoms with Crippen LogP contribution in [0.15, 0.2) is 77.4 Å². The van der Waals surface area contributed by atoms with E-state index in [-0.39, 0.29) is 0 Å². The first kappa shape index (κ1) is 14.5. The molecule has 7 nitrogen and oxygen atoms in total. The fourth-order valence-electron chi connectivity index (χ4n) is 2.69. The molecule has 5 rings (SSSR count). The molecule has 3 heterocycles. The Morgan fingerprint density at radius 3 is 2.54 bits per heavy atom. The van der Waals surface area contributed by atoms with Crippen LogP contribution in [0.3, 0.4) is 0 Å². The largest absolute Gasteiger partial charge is 0.332 e. The summed E-state index contributed by atoms with van der Waals surface area (Å²) in [5.74, 6) is 0.720. The molecule has 3 aromatic heterocycles. The smallest absolute Gasteiger partial charge is 0.276 e. The second kappa shape index (κ2) is 5.89. The lowest BCUT2D eigenvalue weighted by Gasteiger charge is -1.97. The van der Waals surface area contributed by atoms with E-state index in [2.05, 4.69) is 25.4 Å². The van der Waals surface area contributed by atoms with Crippen molar-refractivity contribution in [3.8, 4) is 28.8 Å². The Labute approximate surface area is 147 Å². The number of hydrogen-bond donors (Lipinski definition) is 0. The molecule has 0 spiro atoms. The fourth-order valence-corrected chi connectivity index (χ4v) is 2.69. The number of fused-ring (bicyclic) bond motifs is 1. The Hall–Kier alpha value is -3.87. The molecule has 0 aliphatic carbocycles. The summed E-state index contributed by atoms with van der Waals surface area (Å²) in [7, 11) is 0. The average Bonchev–Trinajstić information content (AvgIpc) is 3.38. The van der Waals surface area contributed by atoms with E-state index in [1.54, 1.807) is 10.9 Å². The highest BCUT2D eigenvalue weighted by atomic mass is 16.5. The lowest BCUT2D eigenvalue weighted by molar-refractivity contribution is 0.431. The van der Waals surface area contributed by atoms with Crippen LogP contribution in [0.1, 0.15) is 0 Å². The first-order valence-corrected chi connectivity index (χ1v) is 8.05. The van der Waals surface area contributed by atoms with E-state index >= 15 is 0 Å². The van der Waals surface area contributed by atoms with Gasteiger partial charge in [0.05, 0.1) is 17.4 Å². The molecule has 2 aromatic carbocycles. The van der Waals surface area contributed by atoms with Gasteiger partial charge in [-0.25, -0.2) is 9.67 Å². The zero-order valence-corrected chi connectivity index (χ0v) is 13.5. The third kappa shape index (κ3) is 2.51. The van der Waals surface area contributed by atoms with Crippen molar-refractivity contribution in [2.75, 3.05) is 0 Å². The number of para-hydroxylation sites is 2. The quantitative estimate of drug-likeness (QED) is 0.500. The van der Waals surface area contributed by atoms with Crippen molar-refractivity contribution in [1.82, 2.24) is 30.1 Å². The van der Waals surface area contributed by atoms with Gasteiger partial charge in [0.1, 0.15) is 5.69 Å². The first-order chi connectivity index (χ1) is 12.9. The molecule has 0 aliphatic rings. The van der Waals surface area contributed by atoms with Crippen LogP contribution in [0, 0.1) is 0 Å². The number of benzene rings is 2. The van der Waals surface area contributed by atoms with E-state index in [1.807, 2.05) is 66.7 Å². The van der Waals surface area contributed by atoms with Gasteiger partial charge in [-0.05, 0) is 24.3 Å². The van der Waals surface area contributed by atoms with Crippen molar-refractivity contribution in [2.24, 2.45) is 0 Å². The van der Waals surface area contributed by atoms with E-state index in [0.717, 1.165) is 16.6 Å². The second-order valence-corrected chi connectivity index (χ2v) is 5.70.